The molecule has 1 aliphatic carbocycles. The van der Waals surface area contributed by atoms with Gasteiger partial charge in [0.25, 0.3) is 10.0 Å². The normalized spacial score (nSPS) is 17.3. The van der Waals surface area contributed by atoms with Crippen LogP contribution in [0.3, 0.4) is 0 Å². The zero-order chi connectivity index (χ0) is 14.3. The smallest absolute Gasteiger partial charge is 0.262 e. The fraction of sp³-hybridized carbons (Fsp3) is 0.462. The van der Waals surface area contributed by atoms with E-state index in [0.717, 1.165) is 25.7 Å². The summed E-state index contributed by atoms with van der Waals surface area (Å²) in [6, 6.07) is 5.38. The number of aromatic nitrogens is 2. The maximum atomic E-state index is 12.8. The molecule has 1 aliphatic rings. The number of nitrogens with zero attached hydrogens (tertiary/aromatic N) is 3. The molecule has 0 bridgehead atoms. The van der Waals surface area contributed by atoms with E-state index in [1.807, 2.05) is 0 Å². The van der Waals surface area contributed by atoms with Crippen LogP contribution in [0.25, 0.3) is 5.65 Å². The third kappa shape index (κ3) is 1.97. The quantitative estimate of drug-likeness (QED) is 0.929. The topological polar surface area (TPSA) is 80.7 Å². The van der Waals surface area contributed by atoms with Gasteiger partial charge >= 0.3 is 0 Å². The Kier molecular flexibility index (Phi) is 3.18. The fourth-order valence-corrected chi connectivity index (χ4v) is 4.44. The zero-order valence-corrected chi connectivity index (χ0v) is 12.2. The fourth-order valence-electron chi connectivity index (χ4n) is 2.85. The molecule has 0 saturated heterocycles. The summed E-state index contributed by atoms with van der Waals surface area (Å²) in [5, 5.41) is 0.0718. The van der Waals surface area contributed by atoms with E-state index in [2.05, 4.69) is 4.98 Å². The van der Waals surface area contributed by atoms with E-state index in [4.69, 9.17) is 5.73 Å². The lowest BCUT2D eigenvalue weighted by Crippen LogP contribution is -2.36. The highest BCUT2D eigenvalue weighted by atomic mass is 32.2. The van der Waals surface area contributed by atoms with Crippen molar-refractivity contribution in [2.75, 3.05) is 12.8 Å². The Morgan fingerprint density at radius 3 is 2.75 bits per heavy atom. The minimum absolute atomic E-state index is 0.0565. The van der Waals surface area contributed by atoms with Crippen LogP contribution in [0.5, 0.6) is 0 Å². The molecule has 108 valence electrons. The Bertz CT molecular complexity index is 732. The Balaban J connectivity index is 2.11. The first-order valence-electron chi connectivity index (χ1n) is 6.72. The highest BCUT2D eigenvalue weighted by Gasteiger charge is 2.34. The third-order valence-corrected chi connectivity index (χ3v) is 5.92. The monoisotopic (exact) mass is 294 g/mol. The molecule has 2 aromatic heterocycles. The first-order valence-corrected chi connectivity index (χ1v) is 8.16. The lowest BCUT2D eigenvalue weighted by Gasteiger charge is -2.23. The van der Waals surface area contributed by atoms with Gasteiger partial charge in [0.15, 0.2) is 10.8 Å². The largest absolute Gasteiger partial charge is 0.381 e. The molecule has 0 atom stereocenters. The summed E-state index contributed by atoms with van der Waals surface area (Å²) in [5.41, 5.74) is 6.38. The number of nitrogen functional groups attached to an aromatic ring is 1. The van der Waals surface area contributed by atoms with Crippen LogP contribution < -0.4 is 5.73 Å². The first-order chi connectivity index (χ1) is 9.51. The number of rotatable bonds is 3. The van der Waals surface area contributed by atoms with E-state index in [0.29, 0.717) is 5.65 Å². The second-order valence-electron chi connectivity index (χ2n) is 5.19. The lowest BCUT2D eigenvalue weighted by molar-refractivity contribution is 0.371. The summed E-state index contributed by atoms with van der Waals surface area (Å²) in [6.45, 7) is 0. The van der Waals surface area contributed by atoms with Gasteiger partial charge in [-0.05, 0) is 25.0 Å². The average molecular weight is 294 g/mol. The van der Waals surface area contributed by atoms with Crippen molar-refractivity contribution in [1.82, 2.24) is 13.7 Å². The Morgan fingerprint density at radius 2 is 2.05 bits per heavy atom. The molecule has 0 aromatic carbocycles. The number of anilines is 1. The standard InChI is InChI=1S/C13H18N4O2S/c1-16(10-6-2-3-7-10)20(18,19)13-12(14)15-11-8-4-5-9-17(11)13/h4-5,8-10H,2-3,6-7,14H2,1H3. The molecule has 0 radical (unpaired) electrons. The van der Waals surface area contributed by atoms with Crippen LogP contribution in [0.1, 0.15) is 25.7 Å². The van der Waals surface area contributed by atoms with E-state index in [1.165, 1.54) is 8.71 Å². The number of hydrogen-bond donors (Lipinski definition) is 1. The molecule has 0 amide bonds. The second kappa shape index (κ2) is 4.75. The number of pyridine rings is 1. The average Bonchev–Trinajstić information content (AvgIpc) is 3.03. The summed E-state index contributed by atoms with van der Waals surface area (Å²) in [7, 11) is -2.00. The van der Waals surface area contributed by atoms with Crippen LogP contribution in [0.15, 0.2) is 29.4 Å². The summed E-state index contributed by atoms with van der Waals surface area (Å²) < 4.78 is 28.6. The molecule has 2 aromatic rings. The minimum Gasteiger partial charge on any atom is -0.381 e. The molecule has 1 fully saturated rings. The number of hydrogen-bond acceptors (Lipinski definition) is 4. The molecule has 7 heteroatoms. The molecule has 2 heterocycles. The predicted molar refractivity (Wildman–Crippen MR) is 76.8 cm³/mol. The molecule has 0 aliphatic heterocycles. The SMILES string of the molecule is CN(C1CCCC1)S(=O)(=O)c1c(N)nc2ccccn12. The van der Waals surface area contributed by atoms with E-state index in [-0.39, 0.29) is 16.9 Å². The number of sulfonamides is 1. The molecular formula is C13H18N4O2S. The first kappa shape index (κ1) is 13.4. The van der Waals surface area contributed by atoms with Gasteiger partial charge in [-0.2, -0.15) is 4.31 Å². The highest BCUT2D eigenvalue weighted by molar-refractivity contribution is 7.89. The van der Waals surface area contributed by atoms with Gasteiger partial charge < -0.3 is 5.73 Å². The molecular weight excluding hydrogens is 276 g/mol. The van der Waals surface area contributed by atoms with Crippen molar-refractivity contribution in [3.8, 4) is 0 Å². The van der Waals surface area contributed by atoms with Crippen molar-refractivity contribution >= 4 is 21.5 Å². The van der Waals surface area contributed by atoms with Crippen molar-refractivity contribution in [3.63, 3.8) is 0 Å². The van der Waals surface area contributed by atoms with Crippen molar-refractivity contribution in [3.05, 3.63) is 24.4 Å². The zero-order valence-electron chi connectivity index (χ0n) is 11.4. The molecule has 6 nitrogen and oxygen atoms in total. The van der Waals surface area contributed by atoms with E-state index in [1.54, 1.807) is 31.4 Å². The molecule has 2 N–H and O–H groups in total. The third-order valence-electron chi connectivity index (χ3n) is 3.97. The Hall–Kier alpha value is -1.60. The van der Waals surface area contributed by atoms with Crippen LogP contribution in [0.2, 0.25) is 0 Å². The Labute approximate surface area is 118 Å². The molecule has 20 heavy (non-hydrogen) atoms. The maximum absolute atomic E-state index is 12.8. The minimum atomic E-state index is -3.63. The van der Waals surface area contributed by atoms with Gasteiger partial charge in [0, 0.05) is 19.3 Å². The van der Waals surface area contributed by atoms with E-state index in [9.17, 15) is 8.42 Å². The van der Waals surface area contributed by atoms with Gasteiger partial charge in [-0.15, -0.1) is 0 Å². The van der Waals surface area contributed by atoms with Crippen LogP contribution in [0, 0.1) is 0 Å². The van der Waals surface area contributed by atoms with E-state index < -0.39 is 10.0 Å². The van der Waals surface area contributed by atoms with Gasteiger partial charge in [-0.3, -0.25) is 4.40 Å². The summed E-state index contributed by atoms with van der Waals surface area (Å²) in [5.74, 6) is 0.0565. The summed E-state index contributed by atoms with van der Waals surface area (Å²) in [6.07, 6.45) is 5.65. The second-order valence-corrected chi connectivity index (χ2v) is 7.10. The molecule has 0 spiro atoms. The van der Waals surface area contributed by atoms with Crippen molar-refractivity contribution in [2.45, 2.75) is 36.8 Å². The van der Waals surface area contributed by atoms with Crippen LogP contribution in [0.4, 0.5) is 5.82 Å². The number of imidazole rings is 1. The van der Waals surface area contributed by atoms with Gasteiger partial charge in [-0.25, -0.2) is 13.4 Å². The van der Waals surface area contributed by atoms with Gasteiger partial charge in [0.2, 0.25) is 0 Å². The lowest BCUT2D eigenvalue weighted by atomic mass is 10.3. The van der Waals surface area contributed by atoms with Crippen molar-refractivity contribution in [2.24, 2.45) is 0 Å². The molecule has 1 saturated carbocycles. The van der Waals surface area contributed by atoms with Crippen LogP contribution in [-0.4, -0.2) is 35.2 Å². The molecule has 3 rings (SSSR count). The number of nitrogens with two attached hydrogens (primary N) is 1. The van der Waals surface area contributed by atoms with Crippen molar-refractivity contribution < 1.29 is 8.42 Å². The van der Waals surface area contributed by atoms with Crippen molar-refractivity contribution in [1.29, 1.82) is 0 Å². The van der Waals surface area contributed by atoms with Crippen LogP contribution in [-0.2, 0) is 10.0 Å². The predicted octanol–water partition coefficient (Wildman–Crippen LogP) is 1.48. The van der Waals surface area contributed by atoms with Crippen LogP contribution >= 0.6 is 0 Å². The van der Waals surface area contributed by atoms with Gasteiger partial charge in [0.1, 0.15) is 5.65 Å². The maximum Gasteiger partial charge on any atom is 0.262 e. The number of fused-ring (bicyclic) bond motifs is 1. The van der Waals surface area contributed by atoms with Gasteiger partial charge in [-0.1, -0.05) is 18.9 Å². The Morgan fingerprint density at radius 1 is 1.35 bits per heavy atom. The summed E-state index contributed by atoms with van der Waals surface area (Å²) in [4.78, 5) is 4.12. The highest BCUT2D eigenvalue weighted by Crippen LogP contribution is 2.29. The van der Waals surface area contributed by atoms with Gasteiger partial charge in [0.05, 0.1) is 0 Å². The summed E-state index contributed by atoms with van der Waals surface area (Å²) >= 11 is 0. The molecule has 0 unspecified atom stereocenters. The van der Waals surface area contributed by atoms with E-state index >= 15 is 0 Å².